The molecule has 0 amide bonds. The van der Waals surface area contributed by atoms with Gasteiger partial charge in [0.15, 0.2) is 0 Å². The van der Waals surface area contributed by atoms with Crippen LogP contribution in [0.4, 0.5) is 0 Å². The van der Waals surface area contributed by atoms with Gasteiger partial charge in [-0.3, -0.25) is 0 Å². The van der Waals surface area contributed by atoms with Crippen molar-refractivity contribution in [1.29, 1.82) is 0 Å². The summed E-state index contributed by atoms with van der Waals surface area (Å²) in [7, 11) is 0. The number of phenols is 1. The molecule has 1 aromatic carbocycles. The monoisotopic (exact) mass is 193 g/mol. The van der Waals surface area contributed by atoms with Crippen LogP contribution < -0.4 is 5.73 Å². The number of nitrogens with two attached hydrogens (primary N) is 1. The standard InChI is InChI=1S/C11H15NO2/c12-11(5-2-6-11)10(14)8-3-1-4-9(13)7-8/h1,3-4,7,10,13-14H,2,5-6,12H2. The molecule has 1 atom stereocenters. The minimum atomic E-state index is -0.664. The first kappa shape index (κ1) is 9.49. The molecule has 4 N–H and O–H groups in total. The molecule has 1 aliphatic rings. The molecule has 0 heterocycles. The smallest absolute Gasteiger partial charge is 0.115 e. The van der Waals surface area contributed by atoms with Gasteiger partial charge < -0.3 is 15.9 Å². The van der Waals surface area contributed by atoms with E-state index in [0.29, 0.717) is 5.56 Å². The lowest BCUT2D eigenvalue weighted by atomic mass is 9.72. The summed E-state index contributed by atoms with van der Waals surface area (Å²) in [6.45, 7) is 0. The lowest BCUT2D eigenvalue weighted by molar-refractivity contribution is 0.0336. The third-order valence-corrected chi connectivity index (χ3v) is 3.01. The average molecular weight is 193 g/mol. The van der Waals surface area contributed by atoms with E-state index in [2.05, 4.69) is 0 Å². The van der Waals surface area contributed by atoms with Crippen molar-refractivity contribution in [3.8, 4) is 5.75 Å². The van der Waals surface area contributed by atoms with Gasteiger partial charge in [0, 0.05) is 5.54 Å². The van der Waals surface area contributed by atoms with Crippen LogP contribution in [0.3, 0.4) is 0 Å². The van der Waals surface area contributed by atoms with Crippen molar-refractivity contribution in [3.05, 3.63) is 29.8 Å². The molecule has 0 aliphatic heterocycles. The second-order valence-electron chi connectivity index (χ2n) is 4.08. The first-order valence-corrected chi connectivity index (χ1v) is 4.88. The van der Waals surface area contributed by atoms with Crippen LogP contribution >= 0.6 is 0 Å². The molecular weight excluding hydrogens is 178 g/mol. The molecule has 1 aromatic rings. The maximum Gasteiger partial charge on any atom is 0.115 e. The van der Waals surface area contributed by atoms with E-state index in [1.165, 1.54) is 0 Å². The second-order valence-corrected chi connectivity index (χ2v) is 4.08. The van der Waals surface area contributed by atoms with E-state index in [1.807, 2.05) is 0 Å². The number of hydrogen-bond acceptors (Lipinski definition) is 3. The van der Waals surface area contributed by atoms with E-state index < -0.39 is 11.6 Å². The summed E-state index contributed by atoms with van der Waals surface area (Å²) in [5, 5.41) is 19.3. The summed E-state index contributed by atoms with van der Waals surface area (Å²) in [6, 6.07) is 6.66. The Labute approximate surface area is 83.2 Å². The molecule has 76 valence electrons. The molecule has 0 spiro atoms. The summed E-state index contributed by atoms with van der Waals surface area (Å²) < 4.78 is 0. The van der Waals surface area contributed by atoms with Crippen LogP contribution in [-0.2, 0) is 0 Å². The van der Waals surface area contributed by atoms with Crippen LogP contribution in [0.25, 0.3) is 0 Å². The molecule has 0 bridgehead atoms. The fraction of sp³-hybridized carbons (Fsp3) is 0.455. The number of aromatic hydroxyl groups is 1. The van der Waals surface area contributed by atoms with Crippen LogP contribution in [-0.4, -0.2) is 15.8 Å². The van der Waals surface area contributed by atoms with Gasteiger partial charge >= 0.3 is 0 Å². The van der Waals surface area contributed by atoms with Crippen LogP contribution in [0.5, 0.6) is 5.75 Å². The topological polar surface area (TPSA) is 66.5 Å². The van der Waals surface area contributed by atoms with Gasteiger partial charge in [0.1, 0.15) is 5.75 Å². The van der Waals surface area contributed by atoms with Crippen molar-refractivity contribution >= 4 is 0 Å². The molecule has 1 aliphatic carbocycles. The van der Waals surface area contributed by atoms with Crippen LogP contribution in [0, 0.1) is 0 Å². The number of aliphatic hydroxyl groups excluding tert-OH is 1. The van der Waals surface area contributed by atoms with Crippen molar-refractivity contribution in [2.24, 2.45) is 5.73 Å². The highest BCUT2D eigenvalue weighted by Crippen LogP contribution is 2.40. The normalized spacial score (nSPS) is 21.3. The second kappa shape index (κ2) is 3.26. The highest BCUT2D eigenvalue weighted by atomic mass is 16.3. The number of rotatable bonds is 2. The summed E-state index contributed by atoms with van der Waals surface area (Å²) in [4.78, 5) is 0. The van der Waals surface area contributed by atoms with Crippen LogP contribution in [0.15, 0.2) is 24.3 Å². The van der Waals surface area contributed by atoms with Gasteiger partial charge in [-0.1, -0.05) is 12.1 Å². The maximum absolute atomic E-state index is 9.99. The zero-order valence-corrected chi connectivity index (χ0v) is 7.98. The Morgan fingerprint density at radius 3 is 2.57 bits per heavy atom. The Morgan fingerprint density at radius 2 is 2.07 bits per heavy atom. The summed E-state index contributed by atoms with van der Waals surface area (Å²) in [5.41, 5.74) is 6.22. The maximum atomic E-state index is 9.99. The molecule has 3 nitrogen and oxygen atoms in total. The molecular formula is C11H15NO2. The lowest BCUT2D eigenvalue weighted by Gasteiger charge is -2.42. The summed E-state index contributed by atoms with van der Waals surface area (Å²) in [6.07, 6.45) is 2.11. The van der Waals surface area contributed by atoms with Crippen molar-refractivity contribution in [2.45, 2.75) is 30.9 Å². The SMILES string of the molecule is NC1(C(O)c2cccc(O)c2)CCC1. The highest BCUT2D eigenvalue weighted by Gasteiger charge is 2.40. The minimum absolute atomic E-state index is 0.171. The highest BCUT2D eigenvalue weighted by molar-refractivity contribution is 5.30. The van der Waals surface area contributed by atoms with Gasteiger partial charge in [-0.2, -0.15) is 0 Å². The largest absolute Gasteiger partial charge is 0.508 e. The van der Waals surface area contributed by atoms with Gasteiger partial charge in [-0.05, 0) is 37.0 Å². The molecule has 3 heteroatoms. The molecule has 1 fully saturated rings. The molecule has 1 unspecified atom stereocenters. The summed E-state index contributed by atoms with van der Waals surface area (Å²) in [5.74, 6) is 0.171. The third-order valence-electron chi connectivity index (χ3n) is 3.01. The van der Waals surface area contributed by atoms with Gasteiger partial charge in [-0.25, -0.2) is 0 Å². The third kappa shape index (κ3) is 1.49. The molecule has 0 aromatic heterocycles. The Balaban J connectivity index is 2.22. The van der Waals surface area contributed by atoms with Crippen molar-refractivity contribution < 1.29 is 10.2 Å². The Hall–Kier alpha value is -1.06. The van der Waals surface area contributed by atoms with Crippen LogP contribution in [0.2, 0.25) is 0 Å². The number of benzene rings is 1. The number of aliphatic hydroxyl groups is 1. The Bertz CT molecular complexity index is 334. The van der Waals surface area contributed by atoms with Crippen LogP contribution in [0.1, 0.15) is 30.9 Å². The van der Waals surface area contributed by atoms with E-state index >= 15 is 0 Å². The average Bonchev–Trinajstić information content (AvgIpc) is 2.13. The van der Waals surface area contributed by atoms with E-state index in [9.17, 15) is 10.2 Å². The molecule has 2 rings (SSSR count). The van der Waals surface area contributed by atoms with Gasteiger partial charge in [-0.15, -0.1) is 0 Å². The van der Waals surface area contributed by atoms with Gasteiger partial charge in [0.2, 0.25) is 0 Å². The predicted octanol–water partition coefficient (Wildman–Crippen LogP) is 1.31. The van der Waals surface area contributed by atoms with E-state index in [4.69, 9.17) is 5.73 Å². The first-order valence-electron chi connectivity index (χ1n) is 4.88. The quantitative estimate of drug-likeness (QED) is 0.663. The Kier molecular flexibility index (Phi) is 2.21. The fourth-order valence-corrected chi connectivity index (χ4v) is 1.89. The van der Waals surface area contributed by atoms with Gasteiger partial charge in [0.25, 0.3) is 0 Å². The Morgan fingerprint density at radius 1 is 1.36 bits per heavy atom. The van der Waals surface area contributed by atoms with Crippen molar-refractivity contribution in [2.75, 3.05) is 0 Å². The van der Waals surface area contributed by atoms with Crippen molar-refractivity contribution in [3.63, 3.8) is 0 Å². The minimum Gasteiger partial charge on any atom is -0.508 e. The lowest BCUT2D eigenvalue weighted by Crippen LogP contribution is -2.51. The molecule has 0 radical (unpaired) electrons. The molecule has 14 heavy (non-hydrogen) atoms. The number of hydrogen-bond donors (Lipinski definition) is 3. The molecule has 1 saturated carbocycles. The summed E-state index contributed by atoms with van der Waals surface area (Å²) >= 11 is 0. The van der Waals surface area contributed by atoms with Gasteiger partial charge in [0.05, 0.1) is 6.10 Å². The van der Waals surface area contributed by atoms with E-state index in [0.717, 1.165) is 19.3 Å². The zero-order valence-electron chi connectivity index (χ0n) is 7.98. The van der Waals surface area contributed by atoms with E-state index in [1.54, 1.807) is 24.3 Å². The molecule has 0 saturated heterocycles. The zero-order chi connectivity index (χ0) is 10.2. The number of phenolic OH excluding ortho intramolecular Hbond substituents is 1. The van der Waals surface area contributed by atoms with E-state index in [-0.39, 0.29) is 5.75 Å². The predicted molar refractivity (Wildman–Crippen MR) is 53.8 cm³/mol. The fourth-order valence-electron chi connectivity index (χ4n) is 1.89. The first-order chi connectivity index (χ1) is 6.62. The van der Waals surface area contributed by atoms with Crippen molar-refractivity contribution in [1.82, 2.24) is 0 Å².